The summed E-state index contributed by atoms with van der Waals surface area (Å²) in [5.74, 6) is -0.773. The maximum absolute atomic E-state index is 11.0. The Bertz CT molecular complexity index is 212. The van der Waals surface area contributed by atoms with Crippen LogP contribution in [0.1, 0.15) is 20.3 Å². The number of carbonyl (C=O) groups excluding carboxylic acids is 1. The van der Waals surface area contributed by atoms with E-state index in [2.05, 4.69) is 4.74 Å². The van der Waals surface area contributed by atoms with E-state index in [1.54, 1.807) is 26.0 Å². The fourth-order valence-corrected chi connectivity index (χ4v) is 0.772. The molecule has 74 valence electrons. The van der Waals surface area contributed by atoms with E-state index in [0.29, 0.717) is 0 Å². The maximum Gasteiger partial charge on any atom is 0.381 e. The average Bonchev–Trinajstić information content (AvgIpc) is 2.05. The molecule has 0 bridgehead atoms. The zero-order chi connectivity index (χ0) is 10.3. The summed E-state index contributed by atoms with van der Waals surface area (Å²) >= 11 is 0. The van der Waals surface area contributed by atoms with E-state index >= 15 is 0 Å². The topological polar surface area (TPSA) is 69.4 Å². The van der Waals surface area contributed by atoms with E-state index in [0.717, 1.165) is 0 Å². The van der Waals surface area contributed by atoms with Crippen molar-refractivity contribution in [3.63, 3.8) is 0 Å². The number of ether oxygens (including phenoxy) is 1. The highest BCUT2D eigenvalue weighted by atomic mass is 16.6. The van der Waals surface area contributed by atoms with Crippen LogP contribution in [0.5, 0.6) is 0 Å². The summed E-state index contributed by atoms with van der Waals surface area (Å²) in [6, 6.07) is -1.27. The molecule has 0 rings (SSSR count). The van der Waals surface area contributed by atoms with Gasteiger partial charge in [-0.1, -0.05) is 12.2 Å². The van der Waals surface area contributed by atoms with Gasteiger partial charge in [-0.05, 0) is 13.8 Å². The minimum Gasteiger partial charge on any atom is -0.461 e. The second kappa shape index (κ2) is 6.16. The van der Waals surface area contributed by atoms with Gasteiger partial charge in [0, 0.05) is 11.3 Å². The van der Waals surface area contributed by atoms with Gasteiger partial charge in [-0.2, -0.15) is 0 Å². The van der Waals surface area contributed by atoms with Crippen LogP contribution in [0.3, 0.4) is 0 Å². The molecule has 0 aliphatic carbocycles. The Labute approximate surface area is 76.5 Å². The Balaban J connectivity index is 4.23. The molecular formula is C8H13NO4. The summed E-state index contributed by atoms with van der Waals surface area (Å²) in [6.07, 6.45) is 3.32. The molecule has 5 heteroatoms. The molecule has 1 atom stereocenters. The van der Waals surface area contributed by atoms with Crippen LogP contribution < -0.4 is 0 Å². The molecule has 0 aliphatic heterocycles. The third-order valence-electron chi connectivity index (χ3n) is 1.41. The lowest BCUT2D eigenvalue weighted by Crippen LogP contribution is -2.30. The van der Waals surface area contributed by atoms with Crippen molar-refractivity contribution in [3.05, 3.63) is 22.3 Å². The molecule has 0 N–H and O–H groups in total. The minimum atomic E-state index is -1.27. The minimum absolute atomic E-state index is 0.0856. The highest BCUT2D eigenvalue weighted by molar-refractivity contribution is 5.74. The van der Waals surface area contributed by atoms with E-state index in [1.165, 1.54) is 0 Å². The smallest absolute Gasteiger partial charge is 0.381 e. The van der Waals surface area contributed by atoms with E-state index in [1.807, 2.05) is 0 Å². The normalized spacial score (nSPS) is 12.8. The van der Waals surface area contributed by atoms with Crippen molar-refractivity contribution in [2.75, 3.05) is 6.61 Å². The van der Waals surface area contributed by atoms with Crippen LogP contribution in [0.2, 0.25) is 0 Å². The van der Waals surface area contributed by atoms with Crippen molar-refractivity contribution in [1.82, 2.24) is 0 Å². The Morgan fingerprint density at radius 3 is 2.69 bits per heavy atom. The molecule has 0 aromatic rings. The summed E-state index contributed by atoms with van der Waals surface area (Å²) in [7, 11) is 0. The lowest BCUT2D eigenvalue weighted by Gasteiger charge is -2.05. The molecule has 0 saturated carbocycles. The van der Waals surface area contributed by atoms with Crippen LogP contribution in [0.25, 0.3) is 0 Å². The standard InChI is InChI=1S/C8H13NO4/c1-3-5-6-7(9(11)12)8(10)13-4-2/h3,5,7H,4,6H2,1-2H3. The molecule has 0 radical (unpaired) electrons. The SMILES string of the molecule is CC=CCC(C(=O)OCC)[N+](=O)[O-]. The molecule has 0 fully saturated rings. The summed E-state index contributed by atoms with van der Waals surface area (Å²) < 4.78 is 4.55. The number of allylic oxidation sites excluding steroid dienone is 1. The van der Waals surface area contributed by atoms with Gasteiger partial charge in [-0.3, -0.25) is 10.1 Å². The summed E-state index contributed by atoms with van der Waals surface area (Å²) in [5.41, 5.74) is 0. The largest absolute Gasteiger partial charge is 0.461 e. The predicted octanol–water partition coefficient (Wildman–Crippen LogP) is 1.16. The van der Waals surface area contributed by atoms with Gasteiger partial charge in [0.05, 0.1) is 6.61 Å². The van der Waals surface area contributed by atoms with Crippen LogP contribution in [-0.2, 0) is 9.53 Å². The van der Waals surface area contributed by atoms with Crippen molar-refractivity contribution in [3.8, 4) is 0 Å². The van der Waals surface area contributed by atoms with Crippen LogP contribution >= 0.6 is 0 Å². The van der Waals surface area contributed by atoms with Crippen molar-refractivity contribution >= 4 is 5.97 Å². The monoisotopic (exact) mass is 187 g/mol. The Morgan fingerprint density at radius 2 is 2.31 bits per heavy atom. The van der Waals surface area contributed by atoms with Gasteiger partial charge >= 0.3 is 12.0 Å². The molecular weight excluding hydrogens is 174 g/mol. The lowest BCUT2D eigenvalue weighted by atomic mass is 10.2. The fourth-order valence-electron chi connectivity index (χ4n) is 0.772. The maximum atomic E-state index is 11.0. The molecule has 1 unspecified atom stereocenters. The van der Waals surface area contributed by atoms with Gasteiger partial charge < -0.3 is 4.74 Å². The number of carbonyl (C=O) groups is 1. The zero-order valence-electron chi connectivity index (χ0n) is 7.73. The first-order chi connectivity index (χ1) is 6.13. The number of nitrogens with zero attached hydrogens (tertiary/aromatic N) is 1. The highest BCUT2D eigenvalue weighted by Crippen LogP contribution is 2.01. The van der Waals surface area contributed by atoms with Crippen molar-refractivity contribution in [2.24, 2.45) is 0 Å². The summed E-state index contributed by atoms with van der Waals surface area (Å²) in [6.45, 7) is 3.52. The number of hydrogen-bond donors (Lipinski definition) is 0. The van der Waals surface area contributed by atoms with Crippen molar-refractivity contribution in [2.45, 2.75) is 26.3 Å². The molecule has 13 heavy (non-hydrogen) atoms. The van der Waals surface area contributed by atoms with E-state index < -0.39 is 16.9 Å². The van der Waals surface area contributed by atoms with Crippen molar-refractivity contribution in [1.29, 1.82) is 0 Å². The van der Waals surface area contributed by atoms with Crippen LogP contribution in [0.15, 0.2) is 12.2 Å². The molecule has 5 nitrogen and oxygen atoms in total. The Kier molecular flexibility index (Phi) is 5.50. The van der Waals surface area contributed by atoms with Gasteiger partial charge in [0.1, 0.15) is 0 Å². The quantitative estimate of drug-likeness (QED) is 0.280. The lowest BCUT2D eigenvalue weighted by molar-refractivity contribution is -0.509. The van der Waals surface area contributed by atoms with Gasteiger partial charge in [-0.25, -0.2) is 4.79 Å². The Morgan fingerprint density at radius 1 is 1.69 bits per heavy atom. The van der Waals surface area contributed by atoms with Gasteiger partial charge in [0.15, 0.2) is 0 Å². The molecule has 0 aromatic carbocycles. The highest BCUT2D eigenvalue weighted by Gasteiger charge is 2.29. The molecule has 0 aromatic heterocycles. The first-order valence-electron chi connectivity index (χ1n) is 4.04. The van der Waals surface area contributed by atoms with Crippen LogP contribution in [0, 0.1) is 10.1 Å². The van der Waals surface area contributed by atoms with Crippen molar-refractivity contribution < 1.29 is 14.5 Å². The number of hydrogen-bond acceptors (Lipinski definition) is 4. The van der Waals surface area contributed by atoms with E-state index in [9.17, 15) is 14.9 Å². The summed E-state index contributed by atoms with van der Waals surface area (Å²) in [5, 5.41) is 10.4. The van der Waals surface area contributed by atoms with Gasteiger partial charge in [0.2, 0.25) is 0 Å². The third-order valence-corrected chi connectivity index (χ3v) is 1.41. The first-order valence-corrected chi connectivity index (χ1v) is 4.04. The van der Waals surface area contributed by atoms with Gasteiger partial charge in [-0.15, -0.1) is 0 Å². The summed E-state index contributed by atoms with van der Waals surface area (Å²) in [4.78, 5) is 20.8. The molecule has 0 spiro atoms. The average molecular weight is 187 g/mol. The van der Waals surface area contributed by atoms with Crippen LogP contribution in [0.4, 0.5) is 0 Å². The zero-order valence-corrected chi connectivity index (χ0v) is 7.73. The third kappa shape index (κ3) is 4.25. The molecule has 0 amide bonds. The van der Waals surface area contributed by atoms with E-state index in [-0.39, 0.29) is 13.0 Å². The number of rotatable bonds is 5. The fraction of sp³-hybridized carbons (Fsp3) is 0.625. The second-order valence-corrected chi connectivity index (χ2v) is 2.36. The predicted molar refractivity (Wildman–Crippen MR) is 46.8 cm³/mol. The number of nitro groups is 1. The van der Waals surface area contributed by atoms with E-state index in [4.69, 9.17) is 0 Å². The Hall–Kier alpha value is -1.39. The van der Waals surface area contributed by atoms with Crippen LogP contribution in [-0.4, -0.2) is 23.5 Å². The molecule has 0 aliphatic rings. The first kappa shape index (κ1) is 11.6. The van der Waals surface area contributed by atoms with Gasteiger partial charge in [0.25, 0.3) is 0 Å². The second-order valence-electron chi connectivity index (χ2n) is 2.36. The number of esters is 1. The molecule has 0 saturated heterocycles. The molecule has 0 heterocycles.